The molecule has 0 radical (unpaired) electrons. The van der Waals surface area contributed by atoms with Crippen LogP contribution in [0.1, 0.15) is 62.3 Å². The Morgan fingerprint density at radius 3 is 2.16 bits per heavy atom. The Balaban J connectivity index is 1.50. The van der Waals surface area contributed by atoms with Crippen LogP contribution in [0.4, 0.5) is 0 Å². The number of hydrogen-bond acceptors (Lipinski definition) is 3. The summed E-state index contributed by atoms with van der Waals surface area (Å²) in [5.74, 6) is 1.99. The first-order valence-corrected chi connectivity index (χ1v) is 15.5. The molecular weight excluding hydrogens is 528 g/mol. The van der Waals surface area contributed by atoms with Crippen LogP contribution in [0, 0.1) is 0 Å². The Morgan fingerprint density at radius 2 is 1.44 bits per heavy atom. The normalized spacial score (nSPS) is 15.1. The van der Waals surface area contributed by atoms with Crippen molar-refractivity contribution in [2.45, 2.75) is 50.9 Å². The van der Waals surface area contributed by atoms with E-state index in [4.69, 9.17) is 14.6 Å². The van der Waals surface area contributed by atoms with E-state index in [2.05, 4.69) is 109 Å². The van der Waals surface area contributed by atoms with Crippen LogP contribution in [0.5, 0.6) is 11.5 Å². The number of rotatable bonds is 7. The highest BCUT2D eigenvalue weighted by molar-refractivity contribution is 6.08. The van der Waals surface area contributed by atoms with Crippen LogP contribution >= 0.6 is 0 Å². The molecule has 1 saturated carbocycles. The van der Waals surface area contributed by atoms with Crippen molar-refractivity contribution >= 4 is 16.3 Å². The van der Waals surface area contributed by atoms with Crippen molar-refractivity contribution in [1.29, 1.82) is 0 Å². The van der Waals surface area contributed by atoms with Crippen LogP contribution in [0.15, 0.2) is 91.0 Å². The quantitative estimate of drug-likeness (QED) is 0.194. The zero-order valence-corrected chi connectivity index (χ0v) is 25.3. The SMILES string of the molecule is CCC1(CC)c2ccccc2-c2ccc(-c3c(-c4ccccc4)nn4c(C5CC5)cc5cc(OC)c(OC)cc5c34)cc21. The molecule has 214 valence electrons. The molecule has 0 N–H and O–H groups in total. The van der Waals surface area contributed by atoms with Crippen molar-refractivity contribution in [1.82, 2.24) is 9.61 Å². The molecule has 0 saturated heterocycles. The van der Waals surface area contributed by atoms with E-state index >= 15 is 0 Å². The average molecular weight is 565 g/mol. The summed E-state index contributed by atoms with van der Waals surface area (Å²) in [4.78, 5) is 0. The van der Waals surface area contributed by atoms with Crippen molar-refractivity contribution in [3.8, 4) is 45.0 Å². The summed E-state index contributed by atoms with van der Waals surface area (Å²) in [6.45, 7) is 4.67. The highest BCUT2D eigenvalue weighted by Crippen LogP contribution is 2.54. The summed E-state index contributed by atoms with van der Waals surface area (Å²) in [5, 5.41) is 7.69. The topological polar surface area (TPSA) is 35.8 Å². The minimum atomic E-state index is -0.00432. The molecule has 4 nitrogen and oxygen atoms in total. The number of methoxy groups -OCH3 is 2. The molecule has 43 heavy (non-hydrogen) atoms. The third-order valence-electron chi connectivity index (χ3n) is 10.1. The van der Waals surface area contributed by atoms with Gasteiger partial charge in [0.25, 0.3) is 0 Å². The Morgan fingerprint density at radius 1 is 0.744 bits per heavy atom. The maximum absolute atomic E-state index is 5.82. The summed E-state index contributed by atoms with van der Waals surface area (Å²) in [5.41, 5.74) is 12.5. The molecule has 2 aliphatic rings. The van der Waals surface area contributed by atoms with Crippen LogP contribution in [0.25, 0.3) is 49.8 Å². The Bertz CT molecular complexity index is 2030. The molecule has 8 rings (SSSR count). The molecule has 4 aromatic carbocycles. The van der Waals surface area contributed by atoms with E-state index in [0.717, 1.165) is 51.9 Å². The van der Waals surface area contributed by atoms with Crippen molar-refractivity contribution in [2.75, 3.05) is 14.2 Å². The summed E-state index contributed by atoms with van der Waals surface area (Å²) in [7, 11) is 3.41. The Labute approximate surface area is 252 Å². The van der Waals surface area contributed by atoms with Gasteiger partial charge in [0.2, 0.25) is 0 Å². The molecule has 2 aliphatic carbocycles. The fraction of sp³-hybridized carbons (Fsp3) is 0.256. The van der Waals surface area contributed by atoms with Gasteiger partial charge in [-0.1, -0.05) is 80.6 Å². The summed E-state index contributed by atoms with van der Waals surface area (Å²) in [6.07, 6.45) is 4.50. The first kappa shape index (κ1) is 26.1. The third-order valence-corrected chi connectivity index (χ3v) is 10.1. The molecule has 0 spiro atoms. The average Bonchev–Trinajstić information content (AvgIpc) is 3.77. The van der Waals surface area contributed by atoms with Crippen LogP contribution < -0.4 is 9.47 Å². The second-order valence-corrected chi connectivity index (χ2v) is 12.1. The number of pyridine rings is 1. The van der Waals surface area contributed by atoms with Gasteiger partial charge in [-0.2, -0.15) is 5.10 Å². The fourth-order valence-corrected chi connectivity index (χ4v) is 7.66. The van der Waals surface area contributed by atoms with Crippen LogP contribution in [-0.2, 0) is 5.41 Å². The minimum Gasteiger partial charge on any atom is -0.493 e. The van der Waals surface area contributed by atoms with Crippen molar-refractivity contribution in [3.05, 3.63) is 108 Å². The monoisotopic (exact) mass is 564 g/mol. The Hall–Kier alpha value is -4.57. The van der Waals surface area contributed by atoms with Gasteiger partial charge in [-0.15, -0.1) is 0 Å². The summed E-state index contributed by atoms with van der Waals surface area (Å²) >= 11 is 0. The molecule has 1 fully saturated rings. The van der Waals surface area contributed by atoms with E-state index in [1.807, 2.05) is 0 Å². The number of nitrogens with zero attached hydrogens (tertiary/aromatic N) is 2. The largest absolute Gasteiger partial charge is 0.493 e. The molecule has 0 amide bonds. The highest BCUT2D eigenvalue weighted by atomic mass is 16.5. The maximum Gasteiger partial charge on any atom is 0.161 e. The maximum atomic E-state index is 5.82. The number of aromatic nitrogens is 2. The molecule has 0 atom stereocenters. The van der Waals surface area contributed by atoms with Crippen LogP contribution in [0.3, 0.4) is 0 Å². The van der Waals surface area contributed by atoms with Gasteiger partial charge >= 0.3 is 0 Å². The van der Waals surface area contributed by atoms with E-state index in [-0.39, 0.29) is 5.41 Å². The lowest BCUT2D eigenvalue weighted by atomic mass is 9.73. The van der Waals surface area contributed by atoms with Crippen molar-refractivity contribution < 1.29 is 9.47 Å². The first-order valence-electron chi connectivity index (χ1n) is 15.5. The van der Waals surface area contributed by atoms with E-state index in [0.29, 0.717) is 5.92 Å². The first-order chi connectivity index (χ1) is 21.1. The van der Waals surface area contributed by atoms with Gasteiger partial charge in [0.05, 0.1) is 19.7 Å². The lowest BCUT2D eigenvalue weighted by molar-refractivity contribution is 0.356. The zero-order chi connectivity index (χ0) is 29.3. The number of ether oxygens (including phenoxy) is 2. The van der Waals surface area contributed by atoms with E-state index < -0.39 is 0 Å². The standard InChI is InChI=1S/C39H36N2O2/c1-5-39(6-2)31-15-11-10-14-28(31)29-19-18-26(20-32(29)39)36-37(25-12-8-7-9-13-25)40-41-33(24-16-17-24)21-27-22-34(42-3)35(43-4)23-30(27)38(36)41/h7-15,18-24H,5-6,16-17H2,1-4H3. The molecular formula is C39H36N2O2. The van der Waals surface area contributed by atoms with E-state index in [1.165, 1.54) is 51.9 Å². The predicted octanol–water partition coefficient (Wildman–Crippen LogP) is 9.80. The Kier molecular flexibility index (Phi) is 5.91. The lowest BCUT2D eigenvalue weighted by Crippen LogP contribution is -2.23. The van der Waals surface area contributed by atoms with Crippen molar-refractivity contribution in [2.24, 2.45) is 0 Å². The highest BCUT2D eigenvalue weighted by Gasteiger charge is 2.40. The molecule has 2 aromatic heterocycles. The minimum absolute atomic E-state index is 0.00432. The number of benzene rings is 4. The number of fused-ring (bicyclic) bond motifs is 6. The van der Waals surface area contributed by atoms with Gasteiger partial charge < -0.3 is 9.47 Å². The van der Waals surface area contributed by atoms with Gasteiger partial charge in [-0.3, -0.25) is 0 Å². The van der Waals surface area contributed by atoms with E-state index in [1.54, 1.807) is 14.2 Å². The molecule has 6 aromatic rings. The van der Waals surface area contributed by atoms with Gasteiger partial charge in [-0.25, -0.2) is 4.52 Å². The predicted molar refractivity (Wildman–Crippen MR) is 175 cm³/mol. The molecule has 2 heterocycles. The summed E-state index contributed by atoms with van der Waals surface area (Å²) in [6, 6.07) is 33.3. The van der Waals surface area contributed by atoms with Gasteiger partial charge in [-0.05, 0) is 83.2 Å². The third kappa shape index (κ3) is 3.72. The molecule has 4 heteroatoms. The molecule has 0 aliphatic heterocycles. The van der Waals surface area contributed by atoms with Gasteiger partial charge in [0.15, 0.2) is 11.5 Å². The van der Waals surface area contributed by atoms with Crippen LogP contribution in [0.2, 0.25) is 0 Å². The van der Waals surface area contributed by atoms with Gasteiger partial charge in [0.1, 0.15) is 5.69 Å². The van der Waals surface area contributed by atoms with E-state index in [9.17, 15) is 0 Å². The van der Waals surface area contributed by atoms with Crippen LogP contribution in [-0.4, -0.2) is 23.8 Å². The molecule has 0 unspecified atom stereocenters. The zero-order valence-electron chi connectivity index (χ0n) is 25.3. The second-order valence-electron chi connectivity index (χ2n) is 12.1. The fourth-order valence-electron chi connectivity index (χ4n) is 7.66. The van der Waals surface area contributed by atoms with Crippen molar-refractivity contribution in [3.63, 3.8) is 0 Å². The smallest absolute Gasteiger partial charge is 0.161 e. The van der Waals surface area contributed by atoms with Gasteiger partial charge in [0, 0.05) is 33.5 Å². The summed E-state index contributed by atoms with van der Waals surface area (Å²) < 4.78 is 13.8. The molecule has 0 bridgehead atoms. The lowest BCUT2D eigenvalue weighted by Gasteiger charge is -2.30. The second kappa shape index (κ2) is 9.74. The number of hydrogen-bond donors (Lipinski definition) is 0.